The van der Waals surface area contributed by atoms with Gasteiger partial charge in [-0.25, -0.2) is 12.7 Å². The molecule has 1 saturated heterocycles. The number of piperidine rings is 1. The van der Waals surface area contributed by atoms with Crippen molar-refractivity contribution in [2.45, 2.75) is 52.0 Å². The number of hydrogen-bond donors (Lipinski definition) is 2. The SMILES string of the molecule is CCCCN=C(NCCc1ccco1)NC1CCN(S(=O)(=O)CC)CC1.I. The highest BCUT2D eigenvalue weighted by Gasteiger charge is 2.27. The van der Waals surface area contributed by atoms with Gasteiger partial charge in [0.2, 0.25) is 10.0 Å². The van der Waals surface area contributed by atoms with Crippen molar-refractivity contribution in [2.24, 2.45) is 4.99 Å². The summed E-state index contributed by atoms with van der Waals surface area (Å²) >= 11 is 0. The van der Waals surface area contributed by atoms with Crippen molar-refractivity contribution in [3.05, 3.63) is 24.2 Å². The first kappa shape index (κ1) is 24.2. The Labute approximate surface area is 180 Å². The molecular formula is C18H33IN4O3S. The number of nitrogens with zero attached hydrogens (tertiary/aromatic N) is 2. The van der Waals surface area contributed by atoms with Crippen LogP contribution in [0.5, 0.6) is 0 Å². The van der Waals surface area contributed by atoms with Gasteiger partial charge in [0.15, 0.2) is 5.96 Å². The lowest BCUT2D eigenvalue weighted by Gasteiger charge is -2.32. The van der Waals surface area contributed by atoms with Gasteiger partial charge < -0.3 is 15.1 Å². The average molecular weight is 512 g/mol. The maximum atomic E-state index is 12.0. The zero-order valence-corrected chi connectivity index (χ0v) is 19.5. The molecule has 0 atom stereocenters. The largest absolute Gasteiger partial charge is 0.469 e. The van der Waals surface area contributed by atoms with Crippen molar-refractivity contribution < 1.29 is 12.8 Å². The van der Waals surface area contributed by atoms with E-state index in [1.165, 1.54) is 0 Å². The summed E-state index contributed by atoms with van der Waals surface area (Å²) in [6.07, 6.45) is 6.24. The fraction of sp³-hybridized carbons (Fsp3) is 0.722. The van der Waals surface area contributed by atoms with Gasteiger partial charge in [0.05, 0.1) is 12.0 Å². The van der Waals surface area contributed by atoms with Gasteiger partial charge in [0, 0.05) is 38.6 Å². The van der Waals surface area contributed by atoms with Crippen LogP contribution in [0, 0.1) is 0 Å². The molecule has 0 aromatic carbocycles. The molecule has 1 aliphatic rings. The van der Waals surface area contributed by atoms with E-state index in [2.05, 4.69) is 22.5 Å². The molecule has 27 heavy (non-hydrogen) atoms. The van der Waals surface area contributed by atoms with Crippen molar-refractivity contribution in [1.82, 2.24) is 14.9 Å². The predicted octanol–water partition coefficient (Wildman–Crippen LogP) is 2.59. The summed E-state index contributed by atoms with van der Waals surface area (Å²) in [6, 6.07) is 4.10. The second-order valence-corrected chi connectivity index (χ2v) is 8.82. The Kier molecular flexibility index (Phi) is 11.3. The van der Waals surface area contributed by atoms with Gasteiger partial charge in [-0.15, -0.1) is 24.0 Å². The molecule has 7 nitrogen and oxygen atoms in total. The first-order valence-electron chi connectivity index (χ1n) is 9.60. The van der Waals surface area contributed by atoms with Crippen LogP contribution in [-0.4, -0.2) is 56.7 Å². The van der Waals surface area contributed by atoms with Crippen molar-refractivity contribution in [3.8, 4) is 0 Å². The Bertz CT molecular complexity index is 642. The second-order valence-electron chi connectivity index (χ2n) is 6.56. The highest BCUT2D eigenvalue weighted by Crippen LogP contribution is 2.14. The van der Waals surface area contributed by atoms with Gasteiger partial charge in [-0.1, -0.05) is 13.3 Å². The summed E-state index contributed by atoms with van der Waals surface area (Å²) in [7, 11) is -3.08. The molecule has 2 heterocycles. The van der Waals surface area contributed by atoms with Crippen LogP contribution >= 0.6 is 24.0 Å². The minimum absolute atomic E-state index is 0. The molecule has 1 fully saturated rings. The molecule has 0 radical (unpaired) electrons. The Morgan fingerprint density at radius 3 is 2.67 bits per heavy atom. The van der Waals surface area contributed by atoms with Crippen molar-refractivity contribution in [2.75, 3.05) is 31.9 Å². The van der Waals surface area contributed by atoms with Gasteiger partial charge in [-0.2, -0.15) is 0 Å². The summed E-state index contributed by atoms with van der Waals surface area (Å²) in [5, 5.41) is 6.84. The summed E-state index contributed by atoms with van der Waals surface area (Å²) in [5.41, 5.74) is 0. The lowest BCUT2D eigenvalue weighted by atomic mass is 10.1. The van der Waals surface area contributed by atoms with E-state index in [1.807, 2.05) is 12.1 Å². The maximum absolute atomic E-state index is 12.0. The lowest BCUT2D eigenvalue weighted by molar-refractivity contribution is 0.306. The number of sulfonamides is 1. The molecule has 0 saturated carbocycles. The van der Waals surface area contributed by atoms with E-state index in [4.69, 9.17) is 4.42 Å². The maximum Gasteiger partial charge on any atom is 0.213 e. The molecule has 0 amide bonds. The molecule has 0 unspecified atom stereocenters. The molecule has 9 heteroatoms. The molecule has 0 aliphatic carbocycles. The van der Waals surface area contributed by atoms with Crippen molar-refractivity contribution in [1.29, 1.82) is 0 Å². The molecule has 1 aliphatic heterocycles. The highest BCUT2D eigenvalue weighted by molar-refractivity contribution is 14.0. The second kappa shape index (κ2) is 12.6. The van der Waals surface area contributed by atoms with E-state index in [-0.39, 0.29) is 35.8 Å². The number of aliphatic imine (C=N–C) groups is 1. The number of guanidine groups is 1. The first-order valence-corrected chi connectivity index (χ1v) is 11.2. The minimum atomic E-state index is -3.08. The van der Waals surface area contributed by atoms with E-state index >= 15 is 0 Å². The smallest absolute Gasteiger partial charge is 0.213 e. The monoisotopic (exact) mass is 512 g/mol. The van der Waals surface area contributed by atoms with Gasteiger partial charge >= 0.3 is 0 Å². The third-order valence-electron chi connectivity index (χ3n) is 4.58. The van der Waals surface area contributed by atoms with Crippen LogP contribution in [0.15, 0.2) is 27.8 Å². The zero-order valence-electron chi connectivity index (χ0n) is 16.3. The van der Waals surface area contributed by atoms with Crippen molar-refractivity contribution >= 4 is 40.0 Å². The third kappa shape index (κ3) is 8.39. The quantitative estimate of drug-likeness (QED) is 0.230. The average Bonchev–Trinajstić information content (AvgIpc) is 3.15. The van der Waals surface area contributed by atoms with E-state index in [0.717, 1.165) is 56.9 Å². The Balaban J connectivity index is 0.00000364. The standard InChI is InChI=1S/C18H32N4O3S.HI/c1-3-5-11-19-18(20-12-8-17-7-6-15-25-17)21-16-9-13-22(14-10-16)26(23,24)4-2;/h6-7,15-16H,3-5,8-14H2,1-2H3,(H2,19,20,21);1H. The normalized spacial score (nSPS) is 16.7. The lowest BCUT2D eigenvalue weighted by Crippen LogP contribution is -2.50. The van der Waals surface area contributed by atoms with Gasteiger partial charge in [-0.3, -0.25) is 4.99 Å². The molecule has 1 aromatic rings. The van der Waals surface area contributed by atoms with Gasteiger partial charge in [-0.05, 0) is 38.3 Å². The summed E-state index contributed by atoms with van der Waals surface area (Å²) < 4.78 is 30.9. The molecule has 156 valence electrons. The number of hydrogen-bond acceptors (Lipinski definition) is 4. The van der Waals surface area contributed by atoms with E-state index < -0.39 is 10.0 Å². The first-order chi connectivity index (χ1) is 12.5. The summed E-state index contributed by atoms with van der Waals surface area (Å²) in [6.45, 7) is 6.52. The van der Waals surface area contributed by atoms with Gasteiger partial charge in [0.25, 0.3) is 0 Å². The van der Waals surface area contributed by atoms with Crippen LogP contribution in [0.2, 0.25) is 0 Å². The van der Waals surface area contributed by atoms with E-state index in [1.54, 1.807) is 17.5 Å². The Hall–Kier alpha value is -0.810. The highest BCUT2D eigenvalue weighted by atomic mass is 127. The number of rotatable bonds is 9. The number of unbranched alkanes of at least 4 members (excludes halogenated alkanes) is 1. The zero-order chi connectivity index (χ0) is 18.8. The summed E-state index contributed by atoms with van der Waals surface area (Å²) in [5.74, 6) is 1.92. The molecule has 0 spiro atoms. The van der Waals surface area contributed by atoms with Crippen molar-refractivity contribution in [3.63, 3.8) is 0 Å². The fourth-order valence-electron chi connectivity index (χ4n) is 2.91. The molecular weight excluding hydrogens is 479 g/mol. The van der Waals surface area contributed by atoms with Crippen LogP contribution in [0.1, 0.15) is 45.3 Å². The predicted molar refractivity (Wildman–Crippen MR) is 120 cm³/mol. The number of furan rings is 1. The molecule has 2 rings (SSSR count). The Morgan fingerprint density at radius 1 is 1.33 bits per heavy atom. The van der Waals surface area contributed by atoms with E-state index in [0.29, 0.717) is 13.1 Å². The van der Waals surface area contributed by atoms with Crippen LogP contribution in [-0.2, 0) is 16.4 Å². The topological polar surface area (TPSA) is 86.9 Å². The van der Waals surface area contributed by atoms with Crippen LogP contribution in [0.4, 0.5) is 0 Å². The van der Waals surface area contributed by atoms with E-state index in [9.17, 15) is 8.42 Å². The van der Waals surface area contributed by atoms with Gasteiger partial charge in [0.1, 0.15) is 5.76 Å². The number of nitrogens with one attached hydrogen (secondary N) is 2. The fourth-order valence-corrected chi connectivity index (χ4v) is 4.05. The van der Waals surface area contributed by atoms with Crippen LogP contribution in [0.3, 0.4) is 0 Å². The Morgan fingerprint density at radius 2 is 2.07 bits per heavy atom. The third-order valence-corrected chi connectivity index (χ3v) is 6.46. The summed E-state index contributed by atoms with van der Waals surface area (Å²) in [4.78, 5) is 4.64. The molecule has 1 aromatic heterocycles. The van der Waals surface area contributed by atoms with Crippen LogP contribution < -0.4 is 10.6 Å². The minimum Gasteiger partial charge on any atom is -0.469 e. The number of halogens is 1. The van der Waals surface area contributed by atoms with Crippen LogP contribution in [0.25, 0.3) is 0 Å². The molecule has 2 N–H and O–H groups in total. The molecule has 0 bridgehead atoms.